The number of allylic oxidation sites excluding steroid dienone is 3. The van der Waals surface area contributed by atoms with Crippen LogP contribution in [0.3, 0.4) is 0 Å². The fourth-order valence-electron chi connectivity index (χ4n) is 1.32. The normalized spacial score (nSPS) is 11.1. The molecule has 0 fully saturated rings. The number of rotatable bonds is 5. The Bertz CT molecular complexity index is 450. The molecule has 1 N–H and O–H groups in total. The number of hydrogen-bond donors (Lipinski definition) is 1. The van der Waals surface area contributed by atoms with Crippen LogP contribution in [0.15, 0.2) is 42.6 Å². The summed E-state index contributed by atoms with van der Waals surface area (Å²) in [5.41, 5.74) is 1.03. The van der Waals surface area contributed by atoms with E-state index in [0.29, 0.717) is 6.54 Å². The van der Waals surface area contributed by atoms with Crippen molar-refractivity contribution in [3.63, 3.8) is 0 Å². The average molecular weight is 245 g/mol. The van der Waals surface area contributed by atoms with Crippen molar-refractivity contribution in [1.82, 2.24) is 10.3 Å². The molecule has 0 spiro atoms. The van der Waals surface area contributed by atoms with Gasteiger partial charge in [-0.25, -0.2) is 4.98 Å². The molecule has 0 aromatic carbocycles. The molecule has 96 valence electrons. The Balaban J connectivity index is 2.53. The first-order valence-corrected chi connectivity index (χ1v) is 5.83. The molecule has 1 heterocycles. The number of carbonyl (C=O) groups excluding carboxylic acids is 1. The first-order chi connectivity index (χ1) is 8.63. The quantitative estimate of drug-likeness (QED) is 0.636. The number of nitrogens with one attached hydrogen (secondary N) is 1. The van der Waals surface area contributed by atoms with Gasteiger partial charge in [0.2, 0.25) is 5.91 Å². The largest absolute Gasteiger partial charge is 0.363 e. The Morgan fingerprint density at radius 1 is 1.44 bits per heavy atom. The van der Waals surface area contributed by atoms with Crippen LogP contribution in [0.5, 0.6) is 0 Å². The number of aromatic nitrogens is 1. The topological polar surface area (TPSA) is 45.2 Å². The maximum atomic E-state index is 11.5. The van der Waals surface area contributed by atoms with Crippen LogP contribution in [0.2, 0.25) is 0 Å². The number of hydrogen-bond acceptors (Lipinski definition) is 3. The molecule has 1 amide bonds. The molecule has 0 saturated heterocycles. The third kappa shape index (κ3) is 4.82. The molecule has 0 atom stereocenters. The number of anilines is 1. The highest BCUT2D eigenvalue weighted by Gasteiger charge is 2.00. The molecule has 0 unspecified atom stereocenters. The second kappa shape index (κ2) is 7.27. The van der Waals surface area contributed by atoms with Crippen LogP contribution in [0.4, 0.5) is 5.82 Å². The van der Waals surface area contributed by atoms with Gasteiger partial charge in [-0.05, 0) is 24.6 Å². The molecule has 0 bridgehead atoms. The van der Waals surface area contributed by atoms with E-state index in [1.165, 1.54) is 6.08 Å². The zero-order chi connectivity index (χ0) is 13.4. The minimum atomic E-state index is -0.101. The predicted molar refractivity (Wildman–Crippen MR) is 74.4 cm³/mol. The third-order valence-corrected chi connectivity index (χ3v) is 2.29. The average Bonchev–Trinajstić information content (AvgIpc) is 2.37. The van der Waals surface area contributed by atoms with E-state index in [1.807, 2.05) is 50.2 Å². The van der Waals surface area contributed by atoms with Gasteiger partial charge >= 0.3 is 0 Å². The van der Waals surface area contributed by atoms with Gasteiger partial charge in [-0.15, -0.1) is 0 Å². The second-order valence-electron chi connectivity index (χ2n) is 4.02. The van der Waals surface area contributed by atoms with Crippen molar-refractivity contribution in [1.29, 1.82) is 0 Å². The monoisotopic (exact) mass is 245 g/mol. The molecule has 1 aromatic rings. The SMILES string of the molecule is C/C=C/C=C/C(=O)NCc1ccnc(N(C)C)c1. The van der Waals surface area contributed by atoms with E-state index < -0.39 is 0 Å². The summed E-state index contributed by atoms with van der Waals surface area (Å²) in [4.78, 5) is 17.6. The molecule has 0 aliphatic rings. The lowest BCUT2D eigenvalue weighted by Crippen LogP contribution is -2.20. The van der Waals surface area contributed by atoms with E-state index in [0.717, 1.165) is 11.4 Å². The Hall–Kier alpha value is -2.10. The van der Waals surface area contributed by atoms with Crippen LogP contribution in [0.1, 0.15) is 12.5 Å². The summed E-state index contributed by atoms with van der Waals surface area (Å²) in [5, 5.41) is 2.82. The van der Waals surface area contributed by atoms with E-state index in [-0.39, 0.29) is 5.91 Å². The zero-order valence-corrected chi connectivity index (χ0v) is 11.1. The first kappa shape index (κ1) is 14.0. The van der Waals surface area contributed by atoms with Gasteiger partial charge in [-0.3, -0.25) is 4.79 Å². The highest BCUT2D eigenvalue weighted by atomic mass is 16.1. The van der Waals surface area contributed by atoms with Gasteiger partial charge in [0.15, 0.2) is 0 Å². The van der Waals surface area contributed by atoms with Crippen LogP contribution >= 0.6 is 0 Å². The maximum absolute atomic E-state index is 11.5. The fraction of sp³-hybridized carbons (Fsp3) is 0.286. The maximum Gasteiger partial charge on any atom is 0.244 e. The van der Waals surface area contributed by atoms with Crippen LogP contribution in [0.25, 0.3) is 0 Å². The molecule has 1 rings (SSSR count). The lowest BCUT2D eigenvalue weighted by molar-refractivity contribution is -0.116. The summed E-state index contributed by atoms with van der Waals surface area (Å²) in [6, 6.07) is 3.85. The Morgan fingerprint density at radius 3 is 2.89 bits per heavy atom. The van der Waals surface area contributed by atoms with Gasteiger partial charge in [0.1, 0.15) is 5.82 Å². The molecule has 0 aliphatic heterocycles. The van der Waals surface area contributed by atoms with E-state index in [2.05, 4.69) is 10.3 Å². The van der Waals surface area contributed by atoms with Crippen LogP contribution < -0.4 is 10.2 Å². The minimum absolute atomic E-state index is 0.101. The molecule has 4 nitrogen and oxygen atoms in total. The molecule has 0 saturated carbocycles. The second-order valence-corrected chi connectivity index (χ2v) is 4.02. The number of amides is 1. The van der Waals surface area contributed by atoms with Gasteiger partial charge in [0.25, 0.3) is 0 Å². The highest BCUT2D eigenvalue weighted by Crippen LogP contribution is 2.08. The van der Waals surface area contributed by atoms with Gasteiger partial charge in [0, 0.05) is 32.9 Å². The number of pyridine rings is 1. The van der Waals surface area contributed by atoms with Crippen LogP contribution in [-0.4, -0.2) is 25.0 Å². The Kier molecular flexibility index (Phi) is 5.64. The highest BCUT2D eigenvalue weighted by molar-refractivity contribution is 5.87. The predicted octanol–water partition coefficient (Wildman–Crippen LogP) is 1.90. The van der Waals surface area contributed by atoms with Crippen LogP contribution in [-0.2, 0) is 11.3 Å². The lowest BCUT2D eigenvalue weighted by Gasteiger charge is -2.12. The summed E-state index contributed by atoms with van der Waals surface area (Å²) in [7, 11) is 3.87. The van der Waals surface area contributed by atoms with Crippen molar-refractivity contribution in [2.24, 2.45) is 0 Å². The van der Waals surface area contributed by atoms with E-state index >= 15 is 0 Å². The summed E-state index contributed by atoms with van der Waals surface area (Å²) in [6.07, 6.45) is 8.65. The van der Waals surface area contributed by atoms with Crippen molar-refractivity contribution in [3.05, 3.63) is 48.2 Å². The summed E-state index contributed by atoms with van der Waals surface area (Å²) >= 11 is 0. The summed E-state index contributed by atoms with van der Waals surface area (Å²) in [5.74, 6) is 0.780. The van der Waals surface area contributed by atoms with E-state index in [9.17, 15) is 4.79 Å². The summed E-state index contributed by atoms with van der Waals surface area (Å²) in [6.45, 7) is 2.41. The van der Waals surface area contributed by atoms with Gasteiger partial charge < -0.3 is 10.2 Å². The lowest BCUT2D eigenvalue weighted by atomic mass is 10.2. The van der Waals surface area contributed by atoms with Crippen molar-refractivity contribution >= 4 is 11.7 Å². The molecule has 0 aliphatic carbocycles. The van der Waals surface area contributed by atoms with Crippen LogP contribution in [0, 0.1) is 0 Å². The smallest absolute Gasteiger partial charge is 0.244 e. The molecule has 0 radical (unpaired) electrons. The molecular weight excluding hydrogens is 226 g/mol. The minimum Gasteiger partial charge on any atom is -0.363 e. The first-order valence-electron chi connectivity index (χ1n) is 5.83. The van der Waals surface area contributed by atoms with Crippen molar-refractivity contribution < 1.29 is 4.79 Å². The fourth-order valence-corrected chi connectivity index (χ4v) is 1.32. The molecule has 1 aromatic heterocycles. The third-order valence-electron chi connectivity index (χ3n) is 2.29. The molecule has 18 heavy (non-hydrogen) atoms. The zero-order valence-electron chi connectivity index (χ0n) is 11.1. The van der Waals surface area contributed by atoms with Crippen molar-refractivity contribution in [2.75, 3.05) is 19.0 Å². The summed E-state index contributed by atoms with van der Waals surface area (Å²) < 4.78 is 0. The van der Waals surface area contributed by atoms with Gasteiger partial charge in [-0.2, -0.15) is 0 Å². The van der Waals surface area contributed by atoms with Crippen molar-refractivity contribution in [2.45, 2.75) is 13.5 Å². The molecular formula is C14H19N3O. The van der Waals surface area contributed by atoms with Gasteiger partial charge in [-0.1, -0.05) is 18.2 Å². The number of nitrogens with zero attached hydrogens (tertiary/aromatic N) is 2. The molecule has 4 heteroatoms. The Labute approximate surface area is 108 Å². The standard InChI is InChI=1S/C14H19N3O/c1-4-5-6-7-14(18)16-11-12-8-9-15-13(10-12)17(2)3/h4-10H,11H2,1-3H3,(H,16,18)/b5-4+,7-6+. The number of carbonyl (C=O) groups is 1. The van der Waals surface area contributed by atoms with E-state index in [4.69, 9.17) is 0 Å². The van der Waals surface area contributed by atoms with E-state index in [1.54, 1.807) is 12.3 Å². The van der Waals surface area contributed by atoms with Gasteiger partial charge in [0.05, 0.1) is 0 Å². The Morgan fingerprint density at radius 2 is 2.22 bits per heavy atom. The van der Waals surface area contributed by atoms with Crippen molar-refractivity contribution in [3.8, 4) is 0 Å².